The molecule has 0 saturated carbocycles. The van der Waals surface area contributed by atoms with Gasteiger partial charge in [0.05, 0.1) is 11.2 Å². The second kappa shape index (κ2) is 4.08. The predicted molar refractivity (Wildman–Crippen MR) is 61.8 cm³/mol. The van der Waals surface area contributed by atoms with E-state index in [-0.39, 0.29) is 36.7 Å². The lowest BCUT2D eigenvalue weighted by Gasteiger charge is -2.32. The maximum Gasteiger partial charge on any atom is 0.461 e. The smallest absolute Gasteiger partial charge is 0.403 e. The van der Waals surface area contributed by atoms with Crippen molar-refractivity contribution >= 4 is 7.12 Å². The van der Waals surface area contributed by atoms with Crippen molar-refractivity contribution in [3.63, 3.8) is 0 Å². The van der Waals surface area contributed by atoms with E-state index in [1.165, 1.54) is 0 Å². The van der Waals surface area contributed by atoms with Crippen LogP contribution in [0, 0.1) is 5.92 Å². The molecule has 3 nitrogen and oxygen atoms in total. The van der Waals surface area contributed by atoms with Crippen LogP contribution in [0.1, 0.15) is 41.5 Å². The minimum Gasteiger partial charge on any atom is -0.403 e. The SMILES string of the molecule is CC(CO)C(C)B1OC(C)(C)C(C)(C)O1. The lowest BCUT2D eigenvalue weighted by molar-refractivity contribution is 0.00578. The monoisotopic (exact) mass is 214 g/mol. The molecule has 1 rings (SSSR count). The van der Waals surface area contributed by atoms with E-state index in [0.29, 0.717) is 0 Å². The molecule has 0 amide bonds. The Morgan fingerprint density at radius 3 is 1.80 bits per heavy atom. The minimum atomic E-state index is -0.277. The van der Waals surface area contributed by atoms with E-state index in [1.54, 1.807) is 0 Å². The Bertz CT molecular complexity index is 212. The molecule has 0 radical (unpaired) electrons. The molecule has 4 heteroatoms. The molecule has 1 fully saturated rings. The molecule has 0 aliphatic carbocycles. The van der Waals surface area contributed by atoms with E-state index >= 15 is 0 Å². The molecule has 0 aromatic rings. The van der Waals surface area contributed by atoms with Gasteiger partial charge in [0.15, 0.2) is 0 Å². The highest BCUT2D eigenvalue weighted by molar-refractivity contribution is 6.47. The molecule has 0 aromatic heterocycles. The van der Waals surface area contributed by atoms with Crippen molar-refractivity contribution in [3.05, 3.63) is 0 Å². The van der Waals surface area contributed by atoms with E-state index in [0.717, 1.165) is 0 Å². The molecule has 1 aliphatic heterocycles. The normalized spacial score (nSPS) is 27.8. The second-order valence-electron chi connectivity index (χ2n) is 5.64. The van der Waals surface area contributed by atoms with Crippen LogP contribution in [0.3, 0.4) is 0 Å². The highest BCUT2D eigenvalue weighted by atomic mass is 16.7. The van der Waals surface area contributed by atoms with Gasteiger partial charge in [0.1, 0.15) is 0 Å². The van der Waals surface area contributed by atoms with Crippen LogP contribution in [0.5, 0.6) is 0 Å². The Kier molecular flexibility index (Phi) is 3.54. The van der Waals surface area contributed by atoms with E-state index in [9.17, 15) is 0 Å². The molecule has 0 bridgehead atoms. The average molecular weight is 214 g/mol. The van der Waals surface area contributed by atoms with E-state index in [1.807, 2.05) is 34.6 Å². The van der Waals surface area contributed by atoms with Gasteiger partial charge in [-0.1, -0.05) is 13.8 Å². The first-order valence-electron chi connectivity index (χ1n) is 5.68. The molecule has 1 aliphatic rings. The van der Waals surface area contributed by atoms with Crippen molar-refractivity contribution in [2.75, 3.05) is 6.61 Å². The van der Waals surface area contributed by atoms with E-state index < -0.39 is 0 Å². The third kappa shape index (κ3) is 2.37. The summed E-state index contributed by atoms with van der Waals surface area (Å²) >= 11 is 0. The quantitative estimate of drug-likeness (QED) is 0.731. The van der Waals surface area contributed by atoms with Crippen LogP contribution in [-0.2, 0) is 9.31 Å². The summed E-state index contributed by atoms with van der Waals surface area (Å²) in [4.78, 5) is 0. The topological polar surface area (TPSA) is 38.7 Å². The Morgan fingerprint density at radius 1 is 1.07 bits per heavy atom. The average Bonchev–Trinajstić information content (AvgIpc) is 2.33. The van der Waals surface area contributed by atoms with Crippen LogP contribution in [-0.4, -0.2) is 30.0 Å². The molecule has 2 atom stereocenters. The number of hydrogen-bond acceptors (Lipinski definition) is 3. The van der Waals surface area contributed by atoms with Gasteiger partial charge in [-0.05, 0) is 39.4 Å². The summed E-state index contributed by atoms with van der Waals surface area (Å²) in [6.45, 7) is 12.4. The fourth-order valence-corrected chi connectivity index (χ4v) is 1.54. The molecular formula is C11H23BO3. The number of aliphatic hydroxyl groups excluding tert-OH is 1. The third-order valence-corrected chi connectivity index (χ3v) is 3.89. The minimum absolute atomic E-state index is 0.172. The molecule has 88 valence electrons. The van der Waals surface area contributed by atoms with Crippen LogP contribution in [0.25, 0.3) is 0 Å². The lowest BCUT2D eigenvalue weighted by atomic mass is 9.67. The molecular weight excluding hydrogens is 191 g/mol. The molecule has 0 aromatic carbocycles. The third-order valence-electron chi connectivity index (χ3n) is 3.89. The van der Waals surface area contributed by atoms with Crippen LogP contribution < -0.4 is 0 Å². The summed E-state index contributed by atoms with van der Waals surface area (Å²) in [6, 6.07) is 0. The zero-order valence-corrected chi connectivity index (χ0v) is 10.7. The Labute approximate surface area is 93.3 Å². The molecule has 2 unspecified atom stereocenters. The van der Waals surface area contributed by atoms with E-state index in [4.69, 9.17) is 14.4 Å². The zero-order valence-electron chi connectivity index (χ0n) is 10.7. The van der Waals surface area contributed by atoms with Gasteiger partial charge in [0.2, 0.25) is 0 Å². The summed E-state index contributed by atoms with van der Waals surface area (Å²) in [5.41, 5.74) is -0.553. The summed E-state index contributed by atoms with van der Waals surface area (Å²) in [7, 11) is -0.211. The first-order valence-corrected chi connectivity index (χ1v) is 5.68. The van der Waals surface area contributed by atoms with Gasteiger partial charge < -0.3 is 14.4 Å². The van der Waals surface area contributed by atoms with Crippen molar-refractivity contribution in [3.8, 4) is 0 Å². The summed E-state index contributed by atoms with van der Waals surface area (Å²) in [5.74, 6) is 0.399. The number of aliphatic hydroxyl groups is 1. The summed E-state index contributed by atoms with van der Waals surface area (Å²) < 4.78 is 11.8. The van der Waals surface area contributed by atoms with Crippen molar-refractivity contribution in [1.29, 1.82) is 0 Å². The van der Waals surface area contributed by atoms with Crippen LogP contribution in [0.4, 0.5) is 0 Å². The Hall–Kier alpha value is -0.0551. The molecule has 1 heterocycles. The fourth-order valence-electron chi connectivity index (χ4n) is 1.54. The predicted octanol–water partition coefficient (Wildman–Crippen LogP) is 2.10. The number of rotatable bonds is 3. The van der Waals surface area contributed by atoms with Crippen LogP contribution in [0.15, 0.2) is 0 Å². The van der Waals surface area contributed by atoms with Gasteiger partial charge in [-0.25, -0.2) is 0 Å². The highest BCUT2D eigenvalue weighted by Gasteiger charge is 2.53. The highest BCUT2D eigenvalue weighted by Crippen LogP contribution is 2.41. The van der Waals surface area contributed by atoms with Crippen molar-refractivity contribution in [2.24, 2.45) is 5.92 Å². The Balaban J connectivity index is 2.70. The number of hydrogen-bond donors (Lipinski definition) is 1. The van der Waals surface area contributed by atoms with E-state index in [2.05, 4.69) is 6.92 Å². The van der Waals surface area contributed by atoms with Gasteiger partial charge in [-0.15, -0.1) is 0 Å². The second-order valence-corrected chi connectivity index (χ2v) is 5.64. The zero-order chi connectivity index (χ0) is 11.9. The summed E-state index contributed by atoms with van der Waals surface area (Å²) in [6.07, 6.45) is 0. The van der Waals surface area contributed by atoms with Gasteiger partial charge >= 0.3 is 7.12 Å². The first-order chi connectivity index (χ1) is 6.71. The van der Waals surface area contributed by atoms with Gasteiger partial charge in [-0.2, -0.15) is 0 Å². The van der Waals surface area contributed by atoms with Gasteiger partial charge in [0, 0.05) is 6.61 Å². The van der Waals surface area contributed by atoms with Gasteiger partial charge in [-0.3, -0.25) is 0 Å². The molecule has 1 saturated heterocycles. The van der Waals surface area contributed by atoms with Crippen molar-refractivity contribution in [1.82, 2.24) is 0 Å². The first kappa shape index (κ1) is 13.0. The maximum absolute atomic E-state index is 9.11. The van der Waals surface area contributed by atoms with Crippen molar-refractivity contribution in [2.45, 2.75) is 58.6 Å². The molecule has 1 N–H and O–H groups in total. The summed E-state index contributed by atoms with van der Waals surface area (Å²) in [5, 5.41) is 9.11. The fraction of sp³-hybridized carbons (Fsp3) is 1.00. The largest absolute Gasteiger partial charge is 0.461 e. The van der Waals surface area contributed by atoms with Crippen molar-refractivity contribution < 1.29 is 14.4 Å². The van der Waals surface area contributed by atoms with Crippen LogP contribution in [0.2, 0.25) is 5.82 Å². The maximum atomic E-state index is 9.11. The Morgan fingerprint density at radius 2 is 1.47 bits per heavy atom. The lowest BCUT2D eigenvalue weighted by Crippen LogP contribution is -2.41. The standard InChI is InChI=1S/C11H23BO3/c1-8(7-13)9(2)12-14-10(3,4)11(5,6)15-12/h8-9,13H,7H2,1-6H3. The van der Waals surface area contributed by atoms with Crippen LogP contribution >= 0.6 is 0 Å². The molecule has 0 spiro atoms. The van der Waals surface area contributed by atoms with Gasteiger partial charge in [0.25, 0.3) is 0 Å². The molecule has 15 heavy (non-hydrogen) atoms.